The summed E-state index contributed by atoms with van der Waals surface area (Å²) < 4.78 is 0. The zero-order valence-electron chi connectivity index (χ0n) is 9.30. The molecule has 4 N–H and O–H groups in total. The highest BCUT2D eigenvalue weighted by Gasteiger charge is 2.04. The van der Waals surface area contributed by atoms with E-state index in [1.165, 1.54) is 6.21 Å². The van der Waals surface area contributed by atoms with Gasteiger partial charge < -0.3 is 10.1 Å². The van der Waals surface area contributed by atoms with Gasteiger partial charge in [-0.15, -0.1) is 0 Å². The highest BCUT2D eigenvalue weighted by molar-refractivity contribution is 5.81. The van der Waals surface area contributed by atoms with Crippen LogP contribution in [0.1, 0.15) is 11.3 Å². The predicted molar refractivity (Wildman–Crippen MR) is 64.1 cm³/mol. The Labute approximate surface area is 100 Å². The van der Waals surface area contributed by atoms with Crippen molar-refractivity contribution in [2.45, 2.75) is 6.42 Å². The van der Waals surface area contributed by atoms with Gasteiger partial charge in [-0.1, -0.05) is 0 Å². The van der Waals surface area contributed by atoms with Gasteiger partial charge in [-0.25, -0.2) is 9.78 Å². The zero-order valence-corrected chi connectivity index (χ0v) is 9.30. The molecule has 0 radical (unpaired) electrons. The number of nitrogens with one attached hydrogen (secondary N) is 3. The van der Waals surface area contributed by atoms with Crippen molar-refractivity contribution in [1.82, 2.24) is 19.9 Å². The second kappa shape index (κ2) is 5.13. The van der Waals surface area contributed by atoms with E-state index in [4.69, 9.17) is 0 Å². The summed E-state index contributed by atoms with van der Waals surface area (Å²) in [6.45, 7) is 0.431. The number of imidazole rings is 1. The minimum atomic E-state index is -0.757. The normalized spacial score (nSPS) is 11.1. The molecule has 0 bridgehead atoms. The lowest BCUT2D eigenvalue weighted by Crippen LogP contribution is -2.24. The number of aromatic amines is 3. The van der Waals surface area contributed by atoms with Crippen molar-refractivity contribution in [3.8, 4) is 5.88 Å². The first-order chi connectivity index (χ1) is 8.66. The van der Waals surface area contributed by atoms with Gasteiger partial charge in [0.2, 0.25) is 5.88 Å². The van der Waals surface area contributed by atoms with Gasteiger partial charge >= 0.3 is 5.69 Å². The van der Waals surface area contributed by atoms with Crippen molar-refractivity contribution in [1.29, 1.82) is 0 Å². The number of rotatable bonds is 4. The molecule has 2 aromatic heterocycles. The Bertz CT molecular complexity index is 653. The Kier molecular flexibility index (Phi) is 3.37. The Morgan fingerprint density at radius 2 is 2.22 bits per heavy atom. The molecule has 2 rings (SSSR count). The molecule has 0 aliphatic carbocycles. The van der Waals surface area contributed by atoms with E-state index in [-0.39, 0.29) is 5.56 Å². The molecular formula is C10H11N5O3. The number of hydrogen-bond acceptors (Lipinski definition) is 5. The average Bonchev–Trinajstić information content (AvgIpc) is 2.79. The van der Waals surface area contributed by atoms with Crippen LogP contribution in [-0.2, 0) is 6.42 Å². The van der Waals surface area contributed by atoms with Crippen LogP contribution in [-0.4, -0.2) is 37.8 Å². The quantitative estimate of drug-likeness (QED) is 0.526. The van der Waals surface area contributed by atoms with E-state index in [2.05, 4.69) is 19.9 Å². The van der Waals surface area contributed by atoms with Gasteiger partial charge in [0.25, 0.3) is 5.56 Å². The molecule has 2 heterocycles. The molecule has 0 saturated heterocycles. The van der Waals surface area contributed by atoms with Gasteiger partial charge in [-0.05, 0) is 0 Å². The lowest BCUT2D eigenvalue weighted by Gasteiger charge is -1.96. The molecule has 8 heteroatoms. The lowest BCUT2D eigenvalue weighted by molar-refractivity contribution is 0.447. The Hall–Kier alpha value is -2.64. The van der Waals surface area contributed by atoms with Crippen LogP contribution >= 0.6 is 0 Å². The standard InChI is InChI=1S/C10H11N5O3/c16-8-7(9(17)15-10(18)14-8)4-11-2-1-6-3-12-5-13-6/h3-5H,1-2H2,(H,12,13)(H3,14,15,16,17,18). The fraction of sp³-hybridized carbons (Fsp3) is 0.200. The van der Waals surface area contributed by atoms with Crippen molar-refractivity contribution in [2.75, 3.05) is 6.54 Å². The maximum absolute atomic E-state index is 11.3. The molecule has 8 nitrogen and oxygen atoms in total. The van der Waals surface area contributed by atoms with Crippen LogP contribution in [0.15, 0.2) is 27.1 Å². The number of hydrogen-bond donors (Lipinski definition) is 4. The van der Waals surface area contributed by atoms with Crippen molar-refractivity contribution >= 4 is 6.21 Å². The molecule has 0 aromatic carbocycles. The van der Waals surface area contributed by atoms with Gasteiger partial charge in [0, 0.05) is 31.1 Å². The first kappa shape index (κ1) is 11.8. The van der Waals surface area contributed by atoms with E-state index >= 15 is 0 Å². The van der Waals surface area contributed by atoms with Gasteiger partial charge in [0.05, 0.1) is 6.33 Å². The summed E-state index contributed by atoms with van der Waals surface area (Å²) in [6, 6.07) is 0. The third-order valence-corrected chi connectivity index (χ3v) is 2.24. The van der Waals surface area contributed by atoms with E-state index in [9.17, 15) is 14.7 Å². The van der Waals surface area contributed by atoms with Crippen LogP contribution in [0, 0.1) is 0 Å². The van der Waals surface area contributed by atoms with E-state index < -0.39 is 17.1 Å². The van der Waals surface area contributed by atoms with Gasteiger partial charge in [0.1, 0.15) is 5.56 Å². The molecule has 0 aliphatic rings. The molecule has 0 spiro atoms. The van der Waals surface area contributed by atoms with Gasteiger partial charge in [-0.3, -0.25) is 19.8 Å². The van der Waals surface area contributed by atoms with Gasteiger partial charge in [0.15, 0.2) is 0 Å². The largest absolute Gasteiger partial charge is 0.494 e. The van der Waals surface area contributed by atoms with E-state index in [0.717, 1.165) is 5.69 Å². The topological polar surface area (TPSA) is 127 Å². The van der Waals surface area contributed by atoms with E-state index in [0.29, 0.717) is 13.0 Å². The fourth-order valence-corrected chi connectivity index (χ4v) is 1.37. The minimum Gasteiger partial charge on any atom is -0.494 e. The van der Waals surface area contributed by atoms with Crippen LogP contribution in [0.3, 0.4) is 0 Å². The van der Waals surface area contributed by atoms with Crippen molar-refractivity contribution in [3.63, 3.8) is 0 Å². The van der Waals surface area contributed by atoms with E-state index in [1.54, 1.807) is 12.5 Å². The number of aromatic nitrogens is 4. The van der Waals surface area contributed by atoms with Crippen LogP contribution in [0.5, 0.6) is 5.88 Å². The summed E-state index contributed by atoms with van der Waals surface area (Å²) in [5.74, 6) is -0.492. The van der Waals surface area contributed by atoms with Crippen LogP contribution in [0.25, 0.3) is 0 Å². The number of aromatic hydroxyl groups is 1. The molecule has 0 unspecified atom stereocenters. The molecule has 0 saturated carbocycles. The summed E-state index contributed by atoms with van der Waals surface area (Å²) >= 11 is 0. The van der Waals surface area contributed by atoms with Crippen LogP contribution in [0.4, 0.5) is 0 Å². The molecule has 2 aromatic rings. The molecular weight excluding hydrogens is 238 g/mol. The second-order valence-electron chi connectivity index (χ2n) is 3.53. The molecule has 18 heavy (non-hydrogen) atoms. The van der Waals surface area contributed by atoms with Crippen molar-refractivity contribution in [2.24, 2.45) is 4.99 Å². The van der Waals surface area contributed by atoms with Crippen molar-refractivity contribution < 1.29 is 5.11 Å². The summed E-state index contributed by atoms with van der Waals surface area (Å²) in [6.07, 6.45) is 5.11. The average molecular weight is 249 g/mol. The third kappa shape index (κ3) is 2.73. The van der Waals surface area contributed by atoms with Crippen molar-refractivity contribution in [3.05, 3.63) is 44.6 Å². The predicted octanol–water partition coefficient (Wildman–Crippen LogP) is -0.847. The monoisotopic (exact) mass is 249 g/mol. The Balaban J connectivity index is 2.05. The van der Waals surface area contributed by atoms with Crippen LogP contribution < -0.4 is 11.2 Å². The third-order valence-electron chi connectivity index (χ3n) is 2.24. The molecule has 0 aliphatic heterocycles. The Morgan fingerprint density at radius 1 is 1.39 bits per heavy atom. The maximum atomic E-state index is 11.3. The Morgan fingerprint density at radius 3 is 2.89 bits per heavy atom. The smallest absolute Gasteiger partial charge is 0.328 e. The maximum Gasteiger partial charge on any atom is 0.328 e. The lowest BCUT2D eigenvalue weighted by atomic mass is 10.3. The number of nitrogens with zero attached hydrogens (tertiary/aromatic N) is 2. The number of H-pyrrole nitrogens is 3. The van der Waals surface area contributed by atoms with Gasteiger partial charge in [-0.2, -0.15) is 0 Å². The fourth-order valence-electron chi connectivity index (χ4n) is 1.37. The molecule has 94 valence electrons. The SMILES string of the molecule is O=c1[nH]c(O)c(C=NCCc2cnc[nH]2)c(=O)[nH]1. The minimum absolute atomic E-state index is 0.0702. The molecule has 0 fully saturated rings. The number of aliphatic imine (C=N–C) groups is 1. The summed E-state index contributed by atoms with van der Waals surface area (Å²) in [7, 11) is 0. The molecule has 0 amide bonds. The summed E-state index contributed by atoms with van der Waals surface area (Å²) in [5, 5.41) is 9.37. The highest BCUT2D eigenvalue weighted by Crippen LogP contribution is 2.01. The van der Waals surface area contributed by atoms with E-state index in [1.807, 2.05) is 4.98 Å². The summed E-state index contributed by atoms with van der Waals surface area (Å²) in [5.41, 5.74) is -0.584. The zero-order chi connectivity index (χ0) is 13.0. The van der Waals surface area contributed by atoms with Crippen LogP contribution in [0.2, 0.25) is 0 Å². The summed E-state index contributed by atoms with van der Waals surface area (Å²) in [4.78, 5) is 37.0. The first-order valence-corrected chi connectivity index (χ1v) is 5.19. The molecule has 0 atom stereocenters. The highest BCUT2D eigenvalue weighted by atomic mass is 16.3. The second-order valence-corrected chi connectivity index (χ2v) is 3.53. The first-order valence-electron chi connectivity index (χ1n) is 5.19.